The van der Waals surface area contributed by atoms with Crippen LogP contribution in [-0.2, 0) is 21.2 Å². The molecule has 2 heterocycles. The number of thiazole rings is 1. The van der Waals surface area contributed by atoms with Gasteiger partial charge in [0.1, 0.15) is 0 Å². The van der Waals surface area contributed by atoms with Crippen LogP contribution < -0.4 is 19.0 Å². The topological polar surface area (TPSA) is 104 Å². The zero-order chi connectivity index (χ0) is 30.7. The van der Waals surface area contributed by atoms with E-state index in [1.165, 1.54) is 21.2 Å². The first-order valence-corrected chi connectivity index (χ1v) is 16.6. The molecule has 0 bridgehead atoms. The second-order valence-corrected chi connectivity index (χ2v) is 13.1. The van der Waals surface area contributed by atoms with Crippen LogP contribution >= 0.6 is 11.3 Å². The van der Waals surface area contributed by atoms with Crippen molar-refractivity contribution in [2.75, 3.05) is 47.6 Å². The molecule has 1 aliphatic heterocycles. The van der Waals surface area contributed by atoms with Gasteiger partial charge in [-0.15, -0.1) is 11.3 Å². The average molecular weight is 635 g/mol. The van der Waals surface area contributed by atoms with Gasteiger partial charge in [-0.2, -0.15) is 9.41 Å². The first kappa shape index (κ1) is 30.1. The van der Waals surface area contributed by atoms with Gasteiger partial charge in [0, 0.05) is 29.6 Å². The second kappa shape index (κ2) is 12.9. The van der Waals surface area contributed by atoms with E-state index >= 15 is 0 Å². The monoisotopic (exact) mass is 634 g/mol. The molecule has 1 aromatic heterocycles. The predicted molar refractivity (Wildman–Crippen MR) is 170 cm³/mol. The third kappa shape index (κ3) is 5.90. The first-order valence-electron chi connectivity index (χ1n) is 14.3. The highest BCUT2D eigenvalue weighted by Gasteiger charge is 2.26. The minimum Gasteiger partial charge on any atom is -0.493 e. The minimum atomic E-state index is -3.61. The van der Waals surface area contributed by atoms with Crippen molar-refractivity contribution >= 4 is 32.8 Å². The van der Waals surface area contributed by atoms with Crippen molar-refractivity contribution in [3.05, 3.63) is 82.0 Å². The number of aryl methyl sites for hydroxylation is 1. The molecule has 4 aromatic rings. The van der Waals surface area contributed by atoms with Crippen LogP contribution in [0.1, 0.15) is 24.0 Å². The van der Waals surface area contributed by atoms with Crippen molar-refractivity contribution in [3.8, 4) is 28.5 Å². The summed E-state index contributed by atoms with van der Waals surface area (Å²) < 4.78 is 51.7. The molecule has 6 rings (SSSR count). The Morgan fingerprint density at radius 1 is 0.886 bits per heavy atom. The number of hydrogen-bond acceptors (Lipinski definition) is 9. The second-order valence-electron chi connectivity index (χ2n) is 10.3. The summed E-state index contributed by atoms with van der Waals surface area (Å²) in [6, 6.07) is 18.8. The summed E-state index contributed by atoms with van der Waals surface area (Å²) in [7, 11) is 1.15. The van der Waals surface area contributed by atoms with Crippen LogP contribution in [0.4, 0.5) is 5.69 Å². The lowest BCUT2D eigenvalue weighted by Gasteiger charge is -2.26. The molecule has 12 heteroatoms. The van der Waals surface area contributed by atoms with Crippen LogP contribution in [0.15, 0.2) is 81.0 Å². The van der Waals surface area contributed by atoms with Crippen LogP contribution in [0.3, 0.4) is 0 Å². The maximum Gasteiger partial charge on any atom is 0.243 e. The van der Waals surface area contributed by atoms with Gasteiger partial charge in [0.25, 0.3) is 0 Å². The van der Waals surface area contributed by atoms with E-state index < -0.39 is 10.0 Å². The molecule has 0 N–H and O–H groups in total. The standard InChI is InChI=1S/C32H34N4O6S2/c1-39-29-19-23(20-30(40-2)31(29)41-3)28-21-43-32(36(28)34-27-10-6-8-22-7-4-5-9-26(22)27)33-24-11-13-25(14-12-24)44(37,38)35-15-17-42-18-16-35/h4-5,7,9,11-14,19-21H,6,8,10,15-18H2,1-3H3. The molecule has 0 saturated carbocycles. The lowest BCUT2D eigenvalue weighted by Crippen LogP contribution is -2.40. The molecule has 3 aromatic carbocycles. The average Bonchev–Trinajstić information content (AvgIpc) is 3.46. The molecule has 0 amide bonds. The summed E-state index contributed by atoms with van der Waals surface area (Å²) in [6.45, 7) is 1.48. The summed E-state index contributed by atoms with van der Waals surface area (Å²) in [6.07, 6.45) is 2.86. The molecular formula is C32H34N4O6S2. The van der Waals surface area contributed by atoms with Gasteiger partial charge in [-0.1, -0.05) is 24.3 Å². The minimum absolute atomic E-state index is 0.231. The normalized spacial score (nSPS) is 17.0. The fourth-order valence-electron chi connectivity index (χ4n) is 5.47. The highest BCUT2D eigenvalue weighted by atomic mass is 32.2. The molecule has 0 spiro atoms. The van der Waals surface area contributed by atoms with Gasteiger partial charge in [0.05, 0.1) is 56.5 Å². The third-order valence-electron chi connectivity index (χ3n) is 7.72. The molecule has 1 aliphatic carbocycles. The Hall–Kier alpha value is -3.97. The van der Waals surface area contributed by atoms with Gasteiger partial charge < -0.3 is 18.9 Å². The number of nitrogens with zero attached hydrogens (tertiary/aromatic N) is 4. The molecule has 1 saturated heterocycles. The number of morpholine rings is 1. The van der Waals surface area contributed by atoms with E-state index in [-0.39, 0.29) is 4.90 Å². The maximum absolute atomic E-state index is 13.1. The number of methoxy groups -OCH3 is 3. The molecule has 230 valence electrons. The summed E-state index contributed by atoms with van der Waals surface area (Å²) in [5.41, 5.74) is 5.62. The highest BCUT2D eigenvalue weighted by molar-refractivity contribution is 7.89. The number of rotatable bonds is 8. The van der Waals surface area contributed by atoms with E-state index in [1.807, 2.05) is 28.3 Å². The van der Waals surface area contributed by atoms with Crippen molar-refractivity contribution in [2.45, 2.75) is 24.2 Å². The van der Waals surface area contributed by atoms with Crippen LogP contribution in [-0.4, -0.2) is 70.7 Å². The van der Waals surface area contributed by atoms with Crippen LogP contribution in [0.2, 0.25) is 0 Å². The molecule has 44 heavy (non-hydrogen) atoms. The third-order valence-corrected chi connectivity index (χ3v) is 10.5. The molecule has 0 atom stereocenters. The van der Waals surface area contributed by atoms with Crippen LogP contribution in [0.5, 0.6) is 17.2 Å². The van der Waals surface area contributed by atoms with E-state index in [4.69, 9.17) is 29.0 Å². The van der Waals surface area contributed by atoms with Gasteiger partial charge in [-0.3, -0.25) is 0 Å². The summed E-state index contributed by atoms with van der Waals surface area (Å²) >= 11 is 1.44. The molecule has 1 fully saturated rings. The van der Waals surface area contributed by atoms with E-state index in [9.17, 15) is 8.42 Å². The van der Waals surface area contributed by atoms with Crippen molar-refractivity contribution in [2.24, 2.45) is 10.1 Å². The molecular weight excluding hydrogens is 601 g/mol. The SMILES string of the molecule is COc1cc(-c2csc(=Nc3ccc(S(=O)(=O)N4CCOCC4)cc3)n2N=C2CCCc3ccccc32)cc(OC)c1OC. The quantitative estimate of drug-likeness (QED) is 0.268. The number of benzene rings is 3. The largest absolute Gasteiger partial charge is 0.493 e. The first-order chi connectivity index (χ1) is 21.4. The zero-order valence-corrected chi connectivity index (χ0v) is 26.5. The summed E-state index contributed by atoms with van der Waals surface area (Å²) in [5, 5.41) is 7.18. The molecule has 0 unspecified atom stereocenters. The van der Waals surface area contributed by atoms with Crippen molar-refractivity contribution in [3.63, 3.8) is 0 Å². The van der Waals surface area contributed by atoms with Crippen LogP contribution in [0.25, 0.3) is 11.3 Å². The number of hydrogen-bond donors (Lipinski definition) is 0. The Morgan fingerprint density at radius 3 is 2.27 bits per heavy atom. The molecule has 10 nitrogen and oxygen atoms in total. The lowest BCUT2D eigenvalue weighted by molar-refractivity contribution is 0.0730. The Labute approximate surface area is 260 Å². The zero-order valence-electron chi connectivity index (χ0n) is 24.9. The number of sulfonamides is 1. The van der Waals surface area contributed by atoms with E-state index in [1.54, 1.807) is 45.6 Å². The Kier molecular flexibility index (Phi) is 8.85. The smallest absolute Gasteiger partial charge is 0.243 e. The van der Waals surface area contributed by atoms with Gasteiger partial charge in [0.15, 0.2) is 11.5 Å². The summed E-state index contributed by atoms with van der Waals surface area (Å²) in [4.78, 5) is 5.79. The fraction of sp³-hybridized carbons (Fsp3) is 0.312. The number of aromatic nitrogens is 1. The van der Waals surface area contributed by atoms with Gasteiger partial charge in [0.2, 0.25) is 20.6 Å². The van der Waals surface area contributed by atoms with Crippen molar-refractivity contribution in [1.82, 2.24) is 8.98 Å². The number of fused-ring (bicyclic) bond motifs is 1. The fourth-order valence-corrected chi connectivity index (χ4v) is 7.72. The summed E-state index contributed by atoms with van der Waals surface area (Å²) in [5.74, 6) is 1.57. The van der Waals surface area contributed by atoms with Crippen molar-refractivity contribution in [1.29, 1.82) is 0 Å². The predicted octanol–water partition coefficient (Wildman–Crippen LogP) is 5.08. The maximum atomic E-state index is 13.1. The number of ether oxygens (including phenoxy) is 4. The van der Waals surface area contributed by atoms with E-state index in [0.29, 0.717) is 54.0 Å². The van der Waals surface area contributed by atoms with E-state index in [0.717, 1.165) is 41.8 Å². The molecule has 2 aliphatic rings. The van der Waals surface area contributed by atoms with Crippen molar-refractivity contribution < 1.29 is 27.4 Å². The van der Waals surface area contributed by atoms with Gasteiger partial charge in [-0.05, 0) is 61.2 Å². The lowest BCUT2D eigenvalue weighted by atomic mass is 9.90. The van der Waals surface area contributed by atoms with E-state index in [2.05, 4.69) is 18.2 Å². The van der Waals surface area contributed by atoms with Crippen LogP contribution in [0, 0.1) is 0 Å². The van der Waals surface area contributed by atoms with Gasteiger partial charge >= 0.3 is 0 Å². The Morgan fingerprint density at radius 2 is 1.59 bits per heavy atom. The Bertz CT molecular complexity index is 1830. The highest BCUT2D eigenvalue weighted by Crippen LogP contribution is 2.41. The van der Waals surface area contributed by atoms with Gasteiger partial charge in [-0.25, -0.2) is 18.1 Å². The Balaban J connectivity index is 1.47. The molecule has 0 radical (unpaired) electrons.